The summed E-state index contributed by atoms with van der Waals surface area (Å²) in [6.45, 7) is 2.37. The van der Waals surface area contributed by atoms with Crippen molar-refractivity contribution in [1.82, 2.24) is 4.90 Å². The van der Waals surface area contributed by atoms with Gasteiger partial charge in [0.25, 0.3) is 5.91 Å². The van der Waals surface area contributed by atoms with Gasteiger partial charge in [-0.2, -0.15) is 0 Å². The maximum Gasteiger partial charge on any atom is 0.254 e. The van der Waals surface area contributed by atoms with Gasteiger partial charge in [-0.15, -0.1) is 0 Å². The smallest absolute Gasteiger partial charge is 0.254 e. The summed E-state index contributed by atoms with van der Waals surface area (Å²) in [5, 5.41) is 2.20. The summed E-state index contributed by atoms with van der Waals surface area (Å²) in [6.07, 6.45) is 0.491. The maximum atomic E-state index is 13.3. The van der Waals surface area contributed by atoms with Crippen LogP contribution in [0, 0.1) is 6.92 Å². The first kappa shape index (κ1) is 18.7. The zero-order chi connectivity index (χ0) is 19.7. The van der Waals surface area contributed by atoms with Gasteiger partial charge < -0.3 is 4.90 Å². The van der Waals surface area contributed by atoms with Crippen molar-refractivity contribution in [3.63, 3.8) is 0 Å². The van der Waals surface area contributed by atoms with E-state index in [9.17, 15) is 13.2 Å². The zero-order valence-electron chi connectivity index (χ0n) is 15.8. The van der Waals surface area contributed by atoms with Gasteiger partial charge in [0.05, 0.1) is 11.5 Å². The van der Waals surface area contributed by atoms with Crippen LogP contribution in [0.5, 0.6) is 0 Å². The third-order valence-corrected chi connectivity index (χ3v) is 7.18. The number of hydrogen-bond donors (Lipinski definition) is 0. The van der Waals surface area contributed by atoms with Gasteiger partial charge in [0.2, 0.25) is 0 Å². The highest BCUT2D eigenvalue weighted by Gasteiger charge is 2.35. The SMILES string of the molecule is Cc1ccc(C(=O)N(Cc2cccc3ccccc23)[C@H]2CCS(=O)(=O)C2)cc1. The lowest BCUT2D eigenvalue weighted by Crippen LogP contribution is -2.40. The molecule has 3 aromatic carbocycles. The molecule has 0 aliphatic carbocycles. The van der Waals surface area contributed by atoms with Crippen LogP contribution in [0.1, 0.15) is 27.9 Å². The fourth-order valence-corrected chi connectivity index (χ4v) is 5.59. The van der Waals surface area contributed by atoms with Gasteiger partial charge in [-0.3, -0.25) is 4.79 Å². The van der Waals surface area contributed by atoms with Crippen LogP contribution in [0.3, 0.4) is 0 Å². The van der Waals surface area contributed by atoms with E-state index >= 15 is 0 Å². The summed E-state index contributed by atoms with van der Waals surface area (Å²) in [5.74, 6) is 0.0651. The van der Waals surface area contributed by atoms with Crippen molar-refractivity contribution in [2.45, 2.75) is 25.9 Å². The third kappa shape index (κ3) is 3.80. The predicted octanol–water partition coefficient (Wildman–Crippen LogP) is 3.98. The van der Waals surface area contributed by atoms with Crippen LogP contribution >= 0.6 is 0 Å². The molecule has 1 amide bonds. The van der Waals surface area contributed by atoms with Crippen LogP contribution in [-0.2, 0) is 16.4 Å². The Labute approximate surface area is 165 Å². The molecule has 4 nitrogen and oxygen atoms in total. The fraction of sp³-hybridized carbons (Fsp3) is 0.261. The van der Waals surface area contributed by atoms with Gasteiger partial charge in [0.15, 0.2) is 9.84 Å². The van der Waals surface area contributed by atoms with Gasteiger partial charge in [0, 0.05) is 18.2 Å². The molecule has 1 aliphatic rings. The van der Waals surface area contributed by atoms with Crippen LogP contribution in [0.4, 0.5) is 0 Å². The van der Waals surface area contributed by atoms with Crippen LogP contribution in [0.2, 0.25) is 0 Å². The van der Waals surface area contributed by atoms with Crippen molar-refractivity contribution in [3.8, 4) is 0 Å². The third-order valence-electron chi connectivity index (χ3n) is 5.43. The Morgan fingerprint density at radius 3 is 2.43 bits per heavy atom. The second kappa shape index (κ2) is 7.40. The average molecular weight is 394 g/mol. The molecule has 4 rings (SSSR count). The summed E-state index contributed by atoms with van der Waals surface area (Å²) >= 11 is 0. The van der Waals surface area contributed by atoms with Gasteiger partial charge >= 0.3 is 0 Å². The molecule has 144 valence electrons. The molecule has 0 N–H and O–H groups in total. The van der Waals surface area contributed by atoms with Crippen molar-refractivity contribution in [2.75, 3.05) is 11.5 Å². The Morgan fingerprint density at radius 2 is 1.71 bits per heavy atom. The summed E-state index contributed by atoms with van der Waals surface area (Å²) < 4.78 is 24.2. The molecule has 0 spiro atoms. The minimum absolute atomic E-state index is 0.0371. The lowest BCUT2D eigenvalue weighted by atomic mass is 10.0. The summed E-state index contributed by atoms with van der Waals surface area (Å²) in [4.78, 5) is 15.1. The Morgan fingerprint density at radius 1 is 1.00 bits per heavy atom. The van der Waals surface area contributed by atoms with E-state index in [0.717, 1.165) is 21.9 Å². The van der Waals surface area contributed by atoms with E-state index in [-0.39, 0.29) is 23.5 Å². The Bertz CT molecular complexity index is 1110. The molecule has 1 saturated heterocycles. The molecule has 1 fully saturated rings. The molecule has 28 heavy (non-hydrogen) atoms. The molecular formula is C23H23NO3S. The second-order valence-corrected chi connectivity index (χ2v) is 9.72. The van der Waals surface area contributed by atoms with Gasteiger partial charge in [-0.1, -0.05) is 60.2 Å². The molecular weight excluding hydrogens is 370 g/mol. The van der Waals surface area contributed by atoms with Crippen molar-refractivity contribution < 1.29 is 13.2 Å². The van der Waals surface area contributed by atoms with E-state index in [2.05, 4.69) is 0 Å². The van der Waals surface area contributed by atoms with Crippen molar-refractivity contribution in [1.29, 1.82) is 0 Å². The molecule has 0 saturated carbocycles. The molecule has 5 heteroatoms. The number of hydrogen-bond acceptors (Lipinski definition) is 3. The summed E-state index contributed by atoms with van der Waals surface area (Å²) in [7, 11) is -3.09. The number of nitrogens with zero attached hydrogens (tertiary/aromatic N) is 1. The van der Waals surface area contributed by atoms with Gasteiger partial charge in [0.1, 0.15) is 0 Å². The quantitative estimate of drug-likeness (QED) is 0.674. The number of sulfone groups is 1. The highest BCUT2D eigenvalue weighted by molar-refractivity contribution is 7.91. The fourth-order valence-electron chi connectivity index (χ4n) is 3.86. The first-order valence-corrected chi connectivity index (χ1v) is 11.3. The van der Waals surface area contributed by atoms with Crippen molar-refractivity contribution in [3.05, 3.63) is 83.4 Å². The standard InChI is InChI=1S/C23H23NO3S/c1-17-9-11-19(12-10-17)23(25)24(21-13-14-28(26,27)16-21)15-20-7-4-6-18-5-2-3-8-22(18)20/h2-12,21H,13-16H2,1H3/t21-/m0/s1. The lowest BCUT2D eigenvalue weighted by Gasteiger charge is -2.29. The lowest BCUT2D eigenvalue weighted by molar-refractivity contribution is 0.0682. The van der Waals surface area contributed by atoms with E-state index in [1.54, 1.807) is 4.90 Å². The molecule has 0 radical (unpaired) electrons. The Kier molecular flexibility index (Phi) is 4.94. The molecule has 1 atom stereocenters. The normalized spacial score (nSPS) is 18.2. The largest absolute Gasteiger partial charge is 0.330 e. The number of rotatable bonds is 4. The Balaban J connectivity index is 1.72. The van der Waals surface area contributed by atoms with Crippen LogP contribution in [0.15, 0.2) is 66.7 Å². The summed E-state index contributed by atoms with van der Waals surface area (Å²) in [5.41, 5.74) is 2.71. The summed E-state index contributed by atoms with van der Waals surface area (Å²) in [6, 6.07) is 21.3. The van der Waals surface area contributed by atoms with Crippen molar-refractivity contribution >= 4 is 26.5 Å². The van der Waals surface area contributed by atoms with E-state index < -0.39 is 9.84 Å². The minimum Gasteiger partial charge on any atom is -0.330 e. The van der Waals surface area contributed by atoms with Gasteiger partial charge in [-0.05, 0) is 41.8 Å². The molecule has 0 unspecified atom stereocenters. The maximum absolute atomic E-state index is 13.3. The first-order chi connectivity index (χ1) is 13.4. The zero-order valence-corrected chi connectivity index (χ0v) is 16.7. The predicted molar refractivity (Wildman–Crippen MR) is 112 cm³/mol. The van der Waals surface area contributed by atoms with E-state index in [0.29, 0.717) is 18.5 Å². The van der Waals surface area contributed by atoms with Crippen LogP contribution in [0.25, 0.3) is 10.8 Å². The molecule has 1 heterocycles. The minimum atomic E-state index is -3.09. The van der Waals surface area contributed by atoms with Crippen LogP contribution < -0.4 is 0 Å². The average Bonchev–Trinajstić information content (AvgIpc) is 3.05. The topological polar surface area (TPSA) is 54.5 Å². The van der Waals surface area contributed by atoms with E-state index in [4.69, 9.17) is 0 Å². The number of carbonyl (C=O) groups is 1. The highest BCUT2D eigenvalue weighted by Crippen LogP contribution is 2.26. The monoisotopic (exact) mass is 393 g/mol. The Hall–Kier alpha value is -2.66. The number of benzene rings is 3. The van der Waals surface area contributed by atoms with Crippen molar-refractivity contribution in [2.24, 2.45) is 0 Å². The number of aryl methyl sites for hydroxylation is 1. The first-order valence-electron chi connectivity index (χ1n) is 9.48. The van der Waals surface area contributed by atoms with Crippen LogP contribution in [-0.4, -0.2) is 36.8 Å². The molecule has 0 bridgehead atoms. The van der Waals surface area contributed by atoms with Gasteiger partial charge in [-0.25, -0.2) is 8.42 Å². The molecule has 3 aromatic rings. The second-order valence-electron chi connectivity index (χ2n) is 7.49. The van der Waals surface area contributed by atoms with E-state index in [1.165, 1.54) is 0 Å². The molecule has 1 aliphatic heterocycles. The van der Waals surface area contributed by atoms with E-state index in [1.807, 2.05) is 73.7 Å². The molecule has 0 aromatic heterocycles. The highest BCUT2D eigenvalue weighted by atomic mass is 32.2. The number of carbonyl (C=O) groups excluding carboxylic acids is 1. The number of fused-ring (bicyclic) bond motifs is 1. The number of amides is 1.